The van der Waals surface area contributed by atoms with Gasteiger partial charge in [0.25, 0.3) is 0 Å². The number of benzene rings is 6. The lowest BCUT2D eigenvalue weighted by atomic mass is 9.96. The van der Waals surface area contributed by atoms with Gasteiger partial charge in [-0.2, -0.15) is 0 Å². The van der Waals surface area contributed by atoms with Crippen LogP contribution < -0.4 is 4.90 Å². The van der Waals surface area contributed by atoms with Crippen molar-refractivity contribution >= 4 is 22.1 Å². The summed E-state index contributed by atoms with van der Waals surface area (Å²) in [4.78, 5) is 2.55. The summed E-state index contributed by atoms with van der Waals surface area (Å²) in [6.07, 6.45) is 10.3. The lowest BCUT2D eigenvalue weighted by Crippen LogP contribution is -2.34. The highest BCUT2D eigenvalue weighted by Gasteiger charge is 2.56. The van der Waals surface area contributed by atoms with Crippen molar-refractivity contribution in [3.63, 3.8) is 0 Å². The predicted octanol–water partition coefficient (Wildman–Crippen LogP) is 10.9. The molecule has 0 aliphatic heterocycles. The Balaban J connectivity index is 1.15. The highest BCUT2D eigenvalue weighted by atomic mass is 15.2. The molecule has 6 aromatic rings. The van der Waals surface area contributed by atoms with Crippen molar-refractivity contribution in [2.75, 3.05) is 4.90 Å². The summed E-state index contributed by atoms with van der Waals surface area (Å²) < 4.78 is 0. The van der Waals surface area contributed by atoms with Gasteiger partial charge in [0.05, 0.1) is 5.54 Å². The van der Waals surface area contributed by atoms with E-state index in [1.54, 1.807) is 0 Å². The third kappa shape index (κ3) is 4.35. The molecule has 0 spiro atoms. The topological polar surface area (TPSA) is 3.24 Å². The molecule has 0 radical (unpaired) electrons. The molecule has 1 heteroatoms. The molecule has 42 heavy (non-hydrogen) atoms. The van der Waals surface area contributed by atoms with Crippen LogP contribution in [-0.4, -0.2) is 5.54 Å². The van der Waals surface area contributed by atoms with Crippen molar-refractivity contribution in [3.05, 3.63) is 170 Å². The quantitative estimate of drug-likeness (QED) is 0.204. The fourth-order valence-corrected chi connectivity index (χ4v) is 6.61. The molecule has 1 saturated carbocycles. The Morgan fingerprint density at radius 1 is 0.452 bits per heavy atom. The lowest BCUT2D eigenvalue weighted by molar-refractivity contribution is 0.752. The normalized spacial score (nSPS) is 18.5. The molecule has 1 fully saturated rings. The van der Waals surface area contributed by atoms with E-state index in [0.29, 0.717) is 5.92 Å². The second-order valence-corrected chi connectivity index (χ2v) is 11.5. The van der Waals surface area contributed by atoms with E-state index in [1.165, 1.54) is 55.5 Å². The summed E-state index contributed by atoms with van der Waals surface area (Å²) in [5, 5.41) is 2.54. The van der Waals surface area contributed by atoms with Crippen molar-refractivity contribution in [1.82, 2.24) is 0 Å². The van der Waals surface area contributed by atoms with Gasteiger partial charge in [0.15, 0.2) is 0 Å². The Morgan fingerprint density at radius 3 is 1.88 bits per heavy atom. The van der Waals surface area contributed by atoms with E-state index >= 15 is 0 Å². The monoisotopic (exact) mass is 537 g/mol. The molecule has 2 atom stereocenters. The first-order chi connectivity index (χ1) is 20.8. The minimum Gasteiger partial charge on any atom is -0.331 e. The van der Waals surface area contributed by atoms with Gasteiger partial charge >= 0.3 is 0 Å². The fraction of sp³-hybridized carbons (Fsp3) is 0.0732. The van der Waals surface area contributed by atoms with E-state index in [-0.39, 0.29) is 5.54 Å². The van der Waals surface area contributed by atoms with Crippen molar-refractivity contribution in [3.8, 4) is 33.4 Å². The molecular weight excluding hydrogens is 506 g/mol. The fourth-order valence-electron chi connectivity index (χ4n) is 6.61. The van der Waals surface area contributed by atoms with Crippen molar-refractivity contribution in [1.29, 1.82) is 0 Å². The van der Waals surface area contributed by atoms with E-state index in [4.69, 9.17) is 0 Å². The number of rotatable bonds is 6. The number of anilines is 2. The molecule has 0 aromatic heterocycles. The predicted molar refractivity (Wildman–Crippen MR) is 178 cm³/mol. The summed E-state index contributed by atoms with van der Waals surface area (Å²) in [6.45, 7) is 0. The van der Waals surface area contributed by atoms with E-state index in [0.717, 1.165) is 6.42 Å². The number of hydrogen-bond donors (Lipinski definition) is 0. The lowest BCUT2D eigenvalue weighted by Gasteiger charge is -2.34. The molecule has 8 rings (SSSR count). The van der Waals surface area contributed by atoms with E-state index < -0.39 is 0 Å². The third-order valence-electron chi connectivity index (χ3n) is 8.90. The van der Waals surface area contributed by atoms with Crippen LogP contribution >= 0.6 is 0 Å². The van der Waals surface area contributed by atoms with Gasteiger partial charge in [-0.1, -0.05) is 133 Å². The van der Waals surface area contributed by atoms with Gasteiger partial charge in [0, 0.05) is 17.3 Å². The van der Waals surface area contributed by atoms with Crippen LogP contribution in [0.3, 0.4) is 0 Å². The molecular formula is C41H31N. The second kappa shape index (κ2) is 10.0. The summed E-state index contributed by atoms with van der Waals surface area (Å²) in [5.74, 6) is 0.529. The smallest absolute Gasteiger partial charge is 0.0706 e. The standard InChI is InChI=1S/C41H31N/c1-2-10-30(11-3-1)36-16-9-18-40(28-36)42(41-25-7-6-17-38(41)29-41)39-23-21-32(22-24-39)34-14-8-15-35(26-34)37-20-19-31-12-4-5-13-33(31)27-37/h1-28,38H,29H2. The zero-order valence-electron chi connectivity index (χ0n) is 23.4. The summed E-state index contributed by atoms with van der Waals surface area (Å²) >= 11 is 0. The average molecular weight is 538 g/mol. The molecule has 0 bridgehead atoms. The summed E-state index contributed by atoms with van der Waals surface area (Å²) in [7, 11) is 0. The molecule has 0 saturated heterocycles. The molecule has 2 unspecified atom stereocenters. The SMILES string of the molecule is C1=CC2CC2(N(c2ccc(-c3cccc(-c4ccc5ccccc5c4)c3)cc2)c2cccc(-c3ccccc3)c2)C=C1. The Kier molecular flexibility index (Phi) is 5.89. The molecule has 2 aliphatic carbocycles. The van der Waals surface area contributed by atoms with Crippen LogP contribution in [0.25, 0.3) is 44.2 Å². The Morgan fingerprint density at radius 2 is 1.07 bits per heavy atom. The molecule has 0 N–H and O–H groups in total. The van der Waals surface area contributed by atoms with Crippen LogP contribution in [-0.2, 0) is 0 Å². The molecule has 0 amide bonds. The first kappa shape index (κ1) is 24.6. The Labute approximate surface area is 247 Å². The molecule has 6 aromatic carbocycles. The molecule has 1 nitrogen and oxygen atoms in total. The molecule has 2 aliphatic rings. The highest BCUT2D eigenvalue weighted by molar-refractivity contribution is 5.88. The zero-order chi connectivity index (χ0) is 27.9. The van der Waals surface area contributed by atoms with Gasteiger partial charge in [-0.15, -0.1) is 0 Å². The van der Waals surface area contributed by atoms with Gasteiger partial charge in [-0.3, -0.25) is 0 Å². The van der Waals surface area contributed by atoms with Crippen molar-refractivity contribution < 1.29 is 0 Å². The van der Waals surface area contributed by atoms with Crippen LogP contribution in [0.5, 0.6) is 0 Å². The third-order valence-corrected chi connectivity index (χ3v) is 8.90. The first-order valence-corrected chi connectivity index (χ1v) is 14.8. The number of allylic oxidation sites excluding steroid dienone is 2. The van der Waals surface area contributed by atoms with Gasteiger partial charge in [0.2, 0.25) is 0 Å². The largest absolute Gasteiger partial charge is 0.331 e. The highest BCUT2D eigenvalue weighted by Crippen LogP contribution is 2.56. The maximum absolute atomic E-state index is 2.55. The van der Waals surface area contributed by atoms with Crippen LogP contribution in [0.4, 0.5) is 11.4 Å². The average Bonchev–Trinajstić information content (AvgIpc) is 3.81. The Bertz CT molecular complexity index is 1960. The van der Waals surface area contributed by atoms with E-state index in [1.807, 2.05) is 0 Å². The van der Waals surface area contributed by atoms with Gasteiger partial charge in [0.1, 0.15) is 0 Å². The minimum absolute atomic E-state index is 0.0123. The van der Waals surface area contributed by atoms with Gasteiger partial charge in [-0.25, -0.2) is 0 Å². The Hall–Kier alpha value is -5.14. The second-order valence-electron chi connectivity index (χ2n) is 11.5. The van der Waals surface area contributed by atoms with E-state index in [2.05, 4.69) is 175 Å². The van der Waals surface area contributed by atoms with Gasteiger partial charge in [-0.05, 0) is 87.0 Å². The van der Waals surface area contributed by atoms with E-state index in [9.17, 15) is 0 Å². The summed E-state index contributed by atoms with van der Waals surface area (Å²) in [5.41, 5.74) is 9.85. The van der Waals surface area contributed by atoms with Crippen molar-refractivity contribution in [2.24, 2.45) is 5.92 Å². The first-order valence-electron chi connectivity index (χ1n) is 14.8. The van der Waals surface area contributed by atoms with Crippen LogP contribution in [0.1, 0.15) is 6.42 Å². The van der Waals surface area contributed by atoms with Crippen LogP contribution in [0.2, 0.25) is 0 Å². The van der Waals surface area contributed by atoms with Crippen molar-refractivity contribution in [2.45, 2.75) is 12.0 Å². The van der Waals surface area contributed by atoms with Gasteiger partial charge < -0.3 is 4.90 Å². The zero-order valence-corrected chi connectivity index (χ0v) is 23.4. The van der Waals surface area contributed by atoms with Crippen LogP contribution in [0.15, 0.2) is 170 Å². The maximum atomic E-state index is 2.55. The number of hydrogen-bond acceptors (Lipinski definition) is 1. The summed E-state index contributed by atoms with van der Waals surface area (Å²) in [6, 6.07) is 53.0. The minimum atomic E-state index is -0.0123. The van der Waals surface area contributed by atoms with Crippen LogP contribution in [0, 0.1) is 5.92 Å². The number of nitrogens with zero attached hydrogens (tertiary/aromatic N) is 1. The molecule has 0 heterocycles. The number of fused-ring (bicyclic) bond motifs is 2. The molecule has 200 valence electrons. The maximum Gasteiger partial charge on any atom is 0.0706 e.